The van der Waals surface area contributed by atoms with Crippen LogP contribution in [-0.2, 0) is 17.8 Å². The van der Waals surface area contributed by atoms with Gasteiger partial charge in [0.2, 0.25) is 0 Å². The standard InChI is InChI=1S/C17H15Cl2NO/c18-13-6-5-11(16(19)8-13)7-17(21)15-10-20-9-12-3-1-2-4-14(12)15/h1-6,8,15,20H,7,9-10H2. The molecule has 2 nitrogen and oxygen atoms in total. The highest BCUT2D eigenvalue weighted by Crippen LogP contribution is 2.28. The van der Waals surface area contributed by atoms with Crippen LogP contribution in [0.25, 0.3) is 0 Å². The topological polar surface area (TPSA) is 29.1 Å². The van der Waals surface area contributed by atoms with Crippen LogP contribution in [-0.4, -0.2) is 12.3 Å². The lowest BCUT2D eigenvalue weighted by molar-refractivity contribution is -0.119. The van der Waals surface area contributed by atoms with Gasteiger partial charge in [0.15, 0.2) is 0 Å². The number of halogens is 2. The summed E-state index contributed by atoms with van der Waals surface area (Å²) in [5.74, 6) is 0.0700. The molecular formula is C17H15Cl2NO. The van der Waals surface area contributed by atoms with Crippen molar-refractivity contribution in [1.82, 2.24) is 5.32 Å². The number of nitrogens with one attached hydrogen (secondary N) is 1. The van der Waals surface area contributed by atoms with Gasteiger partial charge < -0.3 is 5.32 Å². The first-order valence-electron chi connectivity index (χ1n) is 6.90. The van der Waals surface area contributed by atoms with E-state index >= 15 is 0 Å². The van der Waals surface area contributed by atoms with Crippen LogP contribution in [0.15, 0.2) is 42.5 Å². The molecule has 3 rings (SSSR count). The van der Waals surface area contributed by atoms with Crippen molar-refractivity contribution in [3.8, 4) is 0 Å². The Morgan fingerprint density at radius 3 is 2.81 bits per heavy atom. The van der Waals surface area contributed by atoms with E-state index in [1.807, 2.05) is 24.3 Å². The highest BCUT2D eigenvalue weighted by molar-refractivity contribution is 6.35. The average Bonchev–Trinajstić information content (AvgIpc) is 2.49. The Labute approximate surface area is 134 Å². The highest BCUT2D eigenvalue weighted by atomic mass is 35.5. The van der Waals surface area contributed by atoms with Gasteiger partial charge in [0.1, 0.15) is 5.78 Å². The fraction of sp³-hybridized carbons (Fsp3) is 0.235. The summed E-state index contributed by atoms with van der Waals surface area (Å²) in [4.78, 5) is 12.6. The van der Waals surface area contributed by atoms with Crippen LogP contribution >= 0.6 is 23.2 Å². The Morgan fingerprint density at radius 2 is 2.00 bits per heavy atom. The molecule has 0 saturated carbocycles. The molecule has 0 amide bonds. The molecule has 0 aromatic heterocycles. The fourth-order valence-corrected chi connectivity index (χ4v) is 3.23. The first-order valence-corrected chi connectivity index (χ1v) is 7.66. The van der Waals surface area contributed by atoms with Gasteiger partial charge in [0.25, 0.3) is 0 Å². The van der Waals surface area contributed by atoms with E-state index in [2.05, 4.69) is 11.4 Å². The number of rotatable bonds is 3. The second-order valence-corrected chi connectivity index (χ2v) is 6.10. The van der Waals surface area contributed by atoms with E-state index in [1.54, 1.807) is 12.1 Å². The summed E-state index contributed by atoms with van der Waals surface area (Å²) in [5.41, 5.74) is 3.16. The molecule has 0 spiro atoms. The lowest BCUT2D eigenvalue weighted by Crippen LogP contribution is -2.33. The minimum Gasteiger partial charge on any atom is -0.312 e. The molecule has 0 fully saturated rings. The number of fused-ring (bicyclic) bond motifs is 1. The third-order valence-corrected chi connectivity index (χ3v) is 4.45. The third-order valence-electron chi connectivity index (χ3n) is 3.86. The Bertz CT molecular complexity index is 684. The summed E-state index contributed by atoms with van der Waals surface area (Å²) in [6, 6.07) is 13.4. The zero-order valence-corrected chi connectivity index (χ0v) is 12.9. The number of hydrogen-bond acceptors (Lipinski definition) is 2. The summed E-state index contributed by atoms with van der Waals surface area (Å²) in [6.45, 7) is 1.50. The zero-order valence-electron chi connectivity index (χ0n) is 11.4. The van der Waals surface area contributed by atoms with Gasteiger partial charge in [-0.3, -0.25) is 4.79 Å². The molecule has 4 heteroatoms. The van der Waals surface area contributed by atoms with Crippen molar-refractivity contribution in [2.45, 2.75) is 18.9 Å². The maximum Gasteiger partial charge on any atom is 0.146 e. The van der Waals surface area contributed by atoms with E-state index in [4.69, 9.17) is 23.2 Å². The summed E-state index contributed by atoms with van der Waals surface area (Å²) in [7, 11) is 0. The number of hydrogen-bond donors (Lipinski definition) is 1. The van der Waals surface area contributed by atoms with Crippen molar-refractivity contribution in [1.29, 1.82) is 0 Å². The van der Waals surface area contributed by atoms with Crippen LogP contribution < -0.4 is 5.32 Å². The van der Waals surface area contributed by atoms with Crippen molar-refractivity contribution in [2.75, 3.05) is 6.54 Å². The zero-order chi connectivity index (χ0) is 14.8. The maximum absolute atomic E-state index is 12.6. The van der Waals surface area contributed by atoms with Crippen LogP contribution in [0.4, 0.5) is 0 Å². The second kappa shape index (κ2) is 6.18. The molecule has 0 saturated heterocycles. The predicted octanol–water partition coefficient (Wildman–Crippen LogP) is 3.99. The van der Waals surface area contributed by atoms with Gasteiger partial charge in [0, 0.05) is 29.6 Å². The molecule has 0 bridgehead atoms. The van der Waals surface area contributed by atoms with Gasteiger partial charge in [0.05, 0.1) is 5.92 Å². The van der Waals surface area contributed by atoms with E-state index in [0.717, 1.165) is 17.7 Å². The first kappa shape index (κ1) is 14.6. The number of benzene rings is 2. The number of Topliss-reactive ketones (excluding diaryl/α,β-unsaturated/α-hetero) is 1. The summed E-state index contributed by atoms with van der Waals surface area (Å²) < 4.78 is 0. The quantitative estimate of drug-likeness (QED) is 0.926. The molecule has 108 valence electrons. The normalized spacial score (nSPS) is 17.3. The molecule has 1 N–H and O–H groups in total. The number of ketones is 1. The largest absolute Gasteiger partial charge is 0.312 e. The van der Waals surface area contributed by atoms with Crippen molar-refractivity contribution in [3.05, 3.63) is 69.2 Å². The van der Waals surface area contributed by atoms with Crippen molar-refractivity contribution >= 4 is 29.0 Å². The Morgan fingerprint density at radius 1 is 1.19 bits per heavy atom. The van der Waals surface area contributed by atoms with Crippen LogP contribution in [0.2, 0.25) is 10.0 Å². The van der Waals surface area contributed by atoms with Gasteiger partial charge in [-0.25, -0.2) is 0 Å². The minimum atomic E-state index is -0.110. The third kappa shape index (κ3) is 3.13. The van der Waals surface area contributed by atoms with Gasteiger partial charge in [-0.05, 0) is 28.8 Å². The molecule has 1 aliphatic heterocycles. The number of carbonyl (C=O) groups excluding carboxylic acids is 1. The highest BCUT2D eigenvalue weighted by Gasteiger charge is 2.26. The Hall–Kier alpha value is -1.35. The average molecular weight is 320 g/mol. The van der Waals surface area contributed by atoms with Crippen molar-refractivity contribution < 1.29 is 4.79 Å². The molecule has 0 aliphatic carbocycles. The number of carbonyl (C=O) groups is 1. The SMILES string of the molecule is O=C(Cc1ccc(Cl)cc1Cl)C1CNCc2ccccc21. The van der Waals surface area contributed by atoms with E-state index < -0.39 is 0 Å². The maximum atomic E-state index is 12.6. The predicted molar refractivity (Wildman–Crippen MR) is 86.1 cm³/mol. The van der Waals surface area contributed by atoms with Crippen LogP contribution in [0, 0.1) is 0 Å². The van der Waals surface area contributed by atoms with E-state index in [0.29, 0.717) is 23.0 Å². The molecule has 1 atom stereocenters. The smallest absolute Gasteiger partial charge is 0.146 e. The van der Waals surface area contributed by atoms with Gasteiger partial charge in [-0.15, -0.1) is 0 Å². The minimum absolute atomic E-state index is 0.110. The van der Waals surface area contributed by atoms with E-state index in [-0.39, 0.29) is 11.7 Å². The van der Waals surface area contributed by atoms with Crippen molar-refractivity contribution in [2.24, 2.45) is 0 Å². The molecule has 21 heavy (non-hydrogen) atoms. The summed E-state index contributed by atoms with van der Waals surface area (Å²) in [6.07, 6.45) is 0.330. The molecule has 2 aromatic rings. The Balaban J connectivity index is 1.83. The van der Waals surface area contributed by atoms with E-state index in [9.17, 15) is 4.79 Å². The lowest BCUT2D eigenvalue weighted by atomic mass is 9.85. The molecule has 2 aromatic carbocycles. The Kier molecular flexibility index (Phi) is 4.29. The van der Waals surface area contributed by atoms with Crippen LogP contribution in [0.3, 0.4) is 0 Å². The monoisotopic (exact) mass is 319 g/mol. The fourth-order valence-electron chi connectivity index (χ4n) is 2.76. The molecule has 1 heterocycles. The second-order valence-electron chi connectivity index (χ2n) is 5.26. The first-order chi connectivity index (χ1) is 10.1. The lowest BCUT2D eigenvalue weighted by Gasteiger charge is -2.25. The van der Waals surface area contributed by atoms with Gasteiger partial charge in [-0.2, -0.15) is 0 Å². The van der Waals surface area contributed by atoms with Gasteiger partial charge >= 0.3 is 0 Å². The summed E-state index contributed by atoms with van der Waals surface area (Å²) in [5, 5.41) is 4.44. The van der Waals surface area contributed by atoms with Crippen molar-refractivity contribution in [3.63, 3.8) is 0 Å². The molecular weight excluding hydrogens is 305 g/mol. The van der Waals surface area contributed by atoms with E-state index in [1.165, 1.54) is 5.56 Å². The van der Waals surface area contributed by atoms with Crippen LogP contribution in [0.5, 0.6) is 0 Å². The molecule has 1 unspecified atom stereocenters. The van der Waals surface area contributed by atoms with Gasteiger partial charge in [-0.1, -0.05) is 53.5 Å². The van der Waals surface area contributed by atoms with Crippen LogP contribution in [0.1, 0.15) is 22.6 Å². The molecule has 1 aliphatic rings. The summed E-state index contributed by atoms with van der Waals surface area (Å²) >= 11 is 12.1. The molecule has 0 radical (unpaired) electrons.